The Bertz CT molecular complexity index is 752. The molecule has 3 rings (SSSR count). The van der Waals surface area contributed by atoms with E-state index in [9.17, 15) is 4.79 Å². The Balaban J connectivity index is 1.59. The minimum atomic E-state index is 0.117. The number of piperidine rings is 1. The van der Waals surface area contributed by atoms with Gasteiger partial charge >= 0.3 is 0 Å². The fraction of sp³-hybridized carbons (Fsp3) is 0.300. The lowest BCUT2D eigenvalue weighted by Crippen LogP contribution is -2.35. The molecule has 1 aliphatic heterocycles. The maximum absolute atomic E-state index is 12.5. The molecule has 0 saturated carbocycles. The number of nitrogens with zero attached hydrogens (tertiary/aromatic N) is 1. The minimum Gasteiger partial charge on any atom is -0.339 e. The summed E-state index contributed by atoms with van der Waals surface area (Å²) in [7, 11) is 0. The third kappa shape index (κ3) is 4.57. The molecule has 0 unspecified atom stereocenters. The second-order valence-corrected chi connectivity index (χ2v) is 6.73. The first-order chi connectivity index (χ1) is 12.1. The molecule has 2 aromatic carbocycles. The molecule has 4 nitrogen and oxygen atoms in total. The molecule has 0 spiro atoms. The van der Waals surface area contributed by atoms with Crippen molar-refractivity contribution in [3.63, 3.8) is 0 Å². The van der Waals surface area contributed by atoms with Gasteiger partial charge in [0.15, 0.2) is 5.11 Å². The topological polar surface area (TPSA) is 44.4 Å². The molecule has 0 radical (unpaired) electrons. The maximum atomic E-state index is 12.5. The summed E-state index contributed by atoms with van der Waals surface area (Å²) in [5.74, 6) is 0.117. The van der Waals surface area contributed by atoms with E-state index in [-0.39, 0.29) is 5.91 Å². The molecular weight excluding hydrogens is 330 g/mol. The van der Waals surface area contributed by atoms with Gasteiger partial charge in [-0.2, -0.15) is 0 Å². The summed E-state index contributed by atoms with van der Waals surface area (Å²) in [6.07, 6.45) is 3.42. The SMILES string of the molecule is Cc1ccccc1NC(=S)Nc1ccc(C(=O)N2CCCCC2)cc1. The number of benzene rings is 2. The van der Waals surface area contributed by atoms with Crippen LogP contribution in [0.5, 0.6) is 0 Å². The quantitative estimate of drug-likeness (QED) is 0.801. The summed E-state index contributed by atoms with van der Waals surface area (Å²) in [4.78, 5) is 14.4. The van der Waals surface area contributed by atoms with Gasteiger partial charge in [-0.15, -0.1) is 0 Å². The first-order valence-electron chi connectivity index (χ1n) is 8.66. The largest absolute Gasteiger partial charge is 0.339 e. The van der Waals surface area contributed by atoms with E-state index in [1.807, 2.05) is 60.4 Å². The number of amides is 1. The van der Waals surface area contributed by atoms with E-state index in [2.05, 4.69) is 10.6 Å². The summed E-state index contributed by atoms with van der Waals surface area (Å²) in [5, 5.41) is 6.88. The molecule has 1 saturated heterocycles. The number of thiocarbonyl (C=S) groups is 1. The van der Waals surface area contributed by atoms with Crippen LogP contribution >= 0.6 is 12.2 Å². The van der Waals surface area contributed by atoms with Crippen molar-refractivity contribution in [3.05, 3.63) is 59.7 Å². The van der Waals surface area contributed by atoms with E-state index >= 15 is 0 Å². The zero-order valence-electron chi connectivity index (χ0n) is 14.4. The second kappa shape index (κ2) is 8.12. The van der Waals surface area contributed by atoms with Gasteiger partial charge in [-0.1, -0.05) is 18.2 Å². The number of carbonyl (C=O) groups excluding carboxylic acids is 1. The van der Waals surface area contributed by atoms with Crippen LogP contribution in [0.2, 0.25) is 0 Å². The molecule has 0 aliphatic carbocycles. The Morgan fingerprint density at radius 1 is 0.960 bits per heavy atom. The van der Waals surface area contributed by atoms with Crippen molar-refractivity contribution >= 4 is 34.6 Å². The number of anilines is 2. The van der Waals surface area contributed by atoms with E-state index < -0.39 is 0 Å². The Labute approximate surface area is 154 Å². The number of aryl methyl sites for hydroxylation is 1. The number of para-hydroxylation sites is 1. The van der Waals surface area contributed by atoms with Gasteiger partial charge in [-0.25, -0.2) is 0 Å². The zero-order valence-corrected chi connectivity index (χ0v) is 15.2. The number of rotatable bonds is 3. The predicted molar refractivity (Wildman–Crippen MR) is 107 cm³/mol. The lowest BCUT2D eigenvalue weighted by atomic mass is 10.1. The van der Waals surface area contributed by atoms with Gasteiger partial charge in [0.25, 0.3) is 5.91 Å². The van der Waals surface area contributed by atoms with Gasteiger partial charge in [0, 0.05) is 30.0 Å². The van der Waals surface area contributed by atoms with Crippen molar-refractivity contribution in [1.82, 2.24) is 4.90 Å². The van der Waals surface area contributed by atoms with E-state index in [4.69, 9.17) is 12.2 Å². The number of likely N-dealkylation sites (tertiary alicyclic amines) is 1. The van der Waals surface area contributed by atoms with Crippen molar-refractivity contribution in [2.45, 2.75) is 26.2 Å². The summed E-state index contributed by atoms with van der Waals surface area (Å²) >= 11 is 5.37. The van der Waals surface area contributed by atoms with Gasteiger partial charge in [0.1, 0.15) is 0 Å². The van der Waals surface area contributed by atoms with E-state index in [1.54, 1.807) is 0 Å². The predicted octanol–water partition coefficient (Wildman–Crippen LogP) is 4.43. The molecule has 1 aliphatic rings. The standard InChI is InChI=1S/C20H23N3OS/c1-15-7-3-4-8-18(15)22-20(25)21-17-11-9-16(10-12-17)19(24)23-13-5-2-6-14-23/h3-4,7-12H,2,5-6,13-14H2,1H3,(H2,21,22,25). The van der Waals surface area contributed by atoms with E-state index in [0.717, 1.165) is 48.4 Å². The van der Waals surface area contributed by atoms with Gasteiger partial charge in [-0.3, -0.25) is 4.79 Å². The first kappa shape index (κ1) is 17.4. The van der Waals surface area contributed by atoms with E-state index in [1.165, 1.54) is 6.42 Å². The van der Waals surface area contributed by atoms with Gasteiger partial charge < -0.3 is 15.5 Å². The molecular formula is C20H23N3OS. The van der Waals surface area contributed by atoms with Crippen LogP contribution in [0.1, 0.15) is 35.2 Å². The third-order valence-electron chi connectivity index (χ3n) is 4.43. The summed E-state index contributed by atoms with van der Waals surface area (Å²) < 4.78 is 0. The molecule has 0 aromatic heterocycles. The highest BCUT2D eigenvalue weighted by Gasteiger charge is 2.17. The monoisotopic (exact) mass is 353 g/mol. The van der Waals surface area contributed by atoms with Gasteiger partial charge in [0.05, 0.1) is 0 Å². The summed E-state index contributed by atoms with van der Waals surface area (Å²) in [5.41, 5.74) is 3.71. The fourth-order valence-corrected chi connectivity index (χ4v) is 3.20. The van der Waals surface area contributed by atoms with Crippen LogP contribution in [-0.2, 0) is 0 Å². The Morgan fingerprint density at radius 2 is 1.64 bits per heavy atom. The molecule has 1 amide bonds. The average Bonchev–Trinajstić information content (AvgIpc) is 2.64. The Hall–Kier alpha value is -2.40. The van der Waals surface area contributed by atoms with Crippen molar-refractivity contribution < 1.29 is 4.79 Å². The van der Waals surface area contributed by atoms with Gasteiger partial charge in [-0.05, 0) is 74.3 Å². The molecule has 130 valence electrons. The number of hydrogen-bond acceptors (Lipinski definition) is 2. The van der Waals surface area contributed by atoms with Crippen molar-refractivity contribution in [3.8, 4) is 0 Å². The summed E-state index contributed by atoms with van der Waals surface area (Å²) in [6, 6.07) is 15.5. The zero-order chi connectivity index (χ0) is 17.6. The number of nitrogens with one attached hydrogen (secondary N) is 2. The van der Waals surface area contributed by atoms with Crippen LogP contribution in [-0.4, -0.2) is 29.0 Å². The van der Waals surface area contributed by atoms with Crippen LogP contribution < -0.4 is 10.6 Å². The number of carbonyl (C=O) groups is 1. The molecule has 0 atom stereocenters. The van der Waals surface area contributed by atoms with Crippen LogP contribution in [0.4, 0.5) is 11.4 Å². The minimum absolute atomic E-state index is 0.117. The van der Waals surface area contributed by atoms with Crippen LogP contribution in [0, 0.1) is 6.92 Å². The van der Waals surface area contributed by atoms with E-state index in [0.29, 0.717) is 5.11 Å². The highest BCUT2D eigenvalue weighted by atomic mass is 32.1. The molecule has 2 N–H and O–H groups in total. The van der Waals surface area contributed by atoms with Crippen LogP contribution in [0.15, 0.2) is 48.5 Å². The molecule has 1 heterocycles. The van der Waals surface area contributed by atoms with Crippen LogP contribution in [0.25, 0.3) is 0 Å². The molecule has 1 fully saturated rings. The molecule has 5 heteroatoms. The molecule has 25 heavy (non-hydrogen) atoms. The fourth-order valence-electron chi connectivity index (χ4n) is 2.97. The molecule has 2 aromatic rings. The van der Waals surface area contributed by atoms with Gasteiger partial charge in [0.2, 0.25) is 0 Å². The van der Waals surface area contributed by atoms with Crippen LogP contribution in [0.3, 0.4) is 0 Å². The van der Waals surface area contributed by atoms with Crippen molar-refractivity contribution in [2.75, 3.05) is 23.7 Å². The molecule has 0 bridgehead atoms. The maximum Gasteiger partial charge on any atom is 0.253 e. The highest BCUT2D eigenvalue weighted by Crippen LogP contribution is 2.17. The highest BCUT2D eigenvalue weighted by molar-refractivity contribution is 7.80. The lowest BCUT2D eigenvalue weighted by molar-refractivity contribution is 0.0724. The average molecular weight is 353 g/mol. The normalized spacial score (nSPS) is 14.0. The lowest BCUT2D eigenvalue weighted by Gasteiger charge is -2.26. The van der Waals surface area contributed by atoms with Crippen molar-refractivity contribution in [2.24, 2.45) is 0 Å². The number of hydrogen-bond donors (Lipinski definition) is 2. The smallest absolute Gasteiger partial charge is 0.253 e. The Kier molecular flexibility index (Phi) is 5.66. The van der Waals surface area contributed by atoms with Crippen molar-refractivity contribution in [1.29, 1.82) is 0 Å². The third-order valence-corrected chi connectivity index (χ3v) is 4.63. The first-order valence-corrected chi connectivity index (χ1v) is 9.07. The Morgan fingerprint density at radius 3 is 2.32 bits per heavy atom. The summed E-state index contributed by atoms with van der Waals surface area (Å²) in [6.45, 7) is 3.76. The second-order valence-electron chi connectivity index (χ2n) is 6.32.